The molecule has 3 N–H and O–H groups in total. The van der Waals surface area contributed by atoms with E-state index in [0.29, 0.717) is 34.1 Å². The summed E-state index contributed by atoms with van der Waals surface area (Å²) in [5.74, 6) is -1.66. The molecule has 9 heteroatoms. The highest BCUT2D eigenvalue weighted by Crippen LogP contribution is 2.31. The summed E-state index contributed by atoms with van der Waals surface area (Å²) in [7, 11) is 0. The lowest BCUT2D eigenvalue weighted by Gasteiger charge is -2.23. The zero-order valence-corrected chi connectivity index (χ0v) is 20.9. The second kappa shape index (κ2) is 10.8. The number of aromatic amines is 1. The van der Waals surface area contributed by atoms with Gasteiger partial charge in [-0.25, -0.2) is 4.79 Å². The number of amides is 1. The maximum absolute atomic E-state index is 13.0. The number of nitrogens with one attached hydrogen (secondary N) is 2. The minimum atomic E-state index is -1.44. The summed E-state index contributed by atoms with van der Waals surface area (Å²) in [6.07, 6.45) is 2.97. The number of benzene rings is 2. The van der Waals surface area contributed by atoms with Crippen molar-refractivity contribution in [2.24, 2.45) is 0 Å². The van der Waals surface area contributed by atoms with Crippen LogP contribution in [0.25, 0.3) is 21.9 Å². The van der Waals surface area contributed by atoms with Crippen LogP contribution in [0, 0.1) is 6.92 Å². The molecule has 0 bridgehead atoms. The standard InChI is InChI=1S/C28H30N2O7/c1-4-5-6-17-12-25(32)37-24-10-15(2)9-23(26(17)24)36-16(3)27(33)30-22(28(34)35)11-18-14-29-21-8-7-19(31)13-20(18)21/h7-10,12-14,16,22,29,31H,4-6,11H2,1-3H3,(H,30,33)(H,34,35)/p-1/t16-,22+/m1/s1. The fourth-order valence-corrected chi connectivity index (χ4v) is 4.41. The minimum absolute atomic E-state index is 0.0453. The molecular formula is C28H29N2O7-. The van der Waals surface area contributed by atoms with E-state index in [1.54, 1.807) is 24.4 Å². The van der Waals surface area contributed by atoms with Crippen LogP contribution in [0.15, 0.2) is 51.8 Å². The summed E-state index contributed by atoms with van der Waals surface area (Å²) in [6, 6.07) is 8.35. The molecule has 2 atom stereocenters. The number of hydrogen-bond acceptors (Lipinski definition) is 7. The van der Waals surface area contributed by atoms with Crippen LogP contribution in [0.3, 0.4) is 0 Å². The van der Waals surface area contributed by atoms with Crippen molar-refractivity contribution < 1.29 is 29.0 Å². The van der Waals surface area contributed by atoms with Crippen molar-refractivity contribution in [2.45, 2.75) is 58.6 Å². The van der Waals surface area contributed by atoms with Gasteiger partial charge < -0.3 is 34.5 Å². The fraction of sp³-hybridized carbons (Fsp3) is 0.321. The Bertz CT molecular complexity index is 1520. The molecule has 1 amide bonds. The normalized spacial score (nSPS) is 12.9. The van der Waals surface area contributed by atoms with Gasteiger partial charge in [-0.15, -0.1) is 0 Å². The van der Waals surface area contributed by atoms with E-state index in [2.05, 4.69) is 10.3 Å². The molecule has 0 fully saturated rings. The number of phenolic OH excluding ortho intramolecular Hbond substituents is 1. The highest BCUT2D eigenvalue weighted by Gasteiger charge is 2.23. The van der Waals surface area contributed by atoms with Gasteiger partial charge in [-0.3, -0.25) is 4.79 Å². The van der Waals surface area contributed by atoms with Gasteiger partial charge in [0.1, 0.15) is 17.1 Å². The van der Waals surface area contributed by atoms with Gasteiger partial charge in [0.25, 0.3) is 5.91 Å². The van der Waals surface area contributed by atoms with E-state index in [1.165, 1.54) is 25.1 Å². The number of aryl methyl sites for hydroxylation is 2. The van der Waals surface area contributed by atoms with Gasteiger partial charge in [0.2, 0.25) is 0 Å². The first-order chi connectivity index (χ1) is 17.7. The summed E-state index contributed by atoms with van der Waals surface area (Å²) >= 11 is 0. The number of rotatable bonds is 10. The lowest BCUT2D eigenvalue weighted by Crippen LogP contribution is -2.52. The third kappa shape index (κ3) is 5.77. The Morgan fingerprint density at radius 2 is 1.97 bits per heavy atom. The van der Waals surface area contributed by atoms with Crippen molar-refractivity contribution in [2.75, 3.05) is 0 Å². The maximum Gasteiger partial charge on any atom is 0.336 e. The third-order valence-corrected chi connectivity index (χ3v) is 6.28. The largest absolute Gasteiger partial charge is 0.548 e. The van der Waals surface area contributed by atoms with Crippen molar-refractivity contribution in [1.82, 2.24) is 10.3 Å². The second-order valence-corrected chi connectivity index (χ2v) is 9.22. The number of carbonyl (C=O) groups is 2. The van der Waals surface area contributed by atoms with Crippen molar-refractivity contribution in [3.8, 4) is 11.5 Å². The highest BCUT2D eigenvalue weighted by molar-refractivity contribution is 5.90. The predicted octanol–water partition coefficient (Wildman–Crippen LogP) is 2.88. The number of hydrogen-bond donors (Lipinski definition) is 3. The molecule has 2 heterocycles. The van der Waals surface area contributed by atoms with E-state index in [9.17, 15) is 24.6 Å². The molecule has 2 aromatic carbocycles. The van der Waals surface area contributed by atoms with Crippen molar-refractivity contribution in [3.05, 3.63) is 69.7 Å². The van der Waals surface area contributed by atoms with Crippen LogP contribution in [0.4, 0.5) is 0 Å². The number of H-pyrrole nitrogens is 1. The van der Waals surface area contributed by atoms with Crippen LogP contribution < -0.4 is 20.8 Å². The van der Waals surface area contributed by atoms with Gasteiger partial charge in [-0.1, -0.05) is 13.3 Å². The Kier molecular flexibility index (Phi) is 7.52. The van der Waals surface area contributed by atoms with Crippen LogP contribution in [0.1, 0.15) is 43.4 Å². The lowest BCUT2D eigenvalue weighted by atomic mass is 10.0. The zero-order valence-electron chi connectivity index (χ0n) is 20.9. The molecule has 0 aliphatic carbocycles. The molecule has 0 saturated heterocycles. The van der Waals surface area contributed by atoms with Gasteiger partial charge in [-0.2, -0.15) is 0 Å². The molecule has 37 heavy (non-hydrogen) atoms. The van der Waals surface area contributed by atoms with E-state index in [4.69, 9.17) is 9.15 Å². The Balaban J connectivity index is 1.56. The van der Waals surface area contributed by atoms with Crippen molar-refractivity contribution in [3.63, 3.8) is 0 Å². The first-order valence-corrected chi connectivity index (χ1v) is 12.2. The van der Waals surface area contributed by atoms with Crippen LogP contribution in [0.5, 0.6) is 11.5 Å². The number of aromatic nitrogens is 1. The van der Waals surface area contributed by atoms with E-state index in [0.717, 1.165) is 29.5 Å². The molecular weight excluding hydrogens is 476 g/mol. The summed E-state index contributed by atoms with van der Waals surface area (Å²) in [6.45, 7) is 5.39. The number of phenols is 1. The zero-order chi connectivity index (χ0) is 26.7. The first kappa shape index (κ1) is 25.8. The van der Waals surface area contributed by atoms with Gasteiger partial charge in [0, 0.05) is 29.6 Å². The molecule has 0 unspecified atom stereocenters. The van der Waals surface area contributed by atoms with Crippen LogP contribution in [0.2, 0.25) is 0 Å². The topological polar surface area (TPSA) is 145 Å². The van der Waals surface area contributed by atoms with Crippen molar-refractivity contribution in [1.29, 1.82) is 0 Å². The van der Waals surface area contributed by atoms with E-state index in [1.807, 2.05) is 13.8 Å². The summed E-state index contributed by atoms with van der Waals surface area (Å²) in [4.78, 5) is 40.0. The Hall–Kier alpha value is -4.27. The molecule has 4 aromatic rings. The number of carboxylic acids is 1. The van der Waals surface area contributed by atoms with Gasteiger partial charge >= 0.3 is 5.63 Å². The van der Waals surface area contributed by atoms with Crippen LogP contribution in [-0.4, -0.2) is 34.1 Å². The van der Waals surface area contributed by atoms with E-state index >= 15 is 0 Å². The van der Waals surface area contributed by atoms with Crippen LogP contribution >= 0.6 is 0 Å². The number of fused-ring (bicyclic) bond motifs is 2. The number of aromatic hydroxyl groups is 1. The number of ether oxygens (including phenoxy) is 1. The predicted molar refractivity (Wildman–Crippen MR) is 137 cm³/mol. The quantitative estimate of drug-likeness (QED) is 0.281. The van der Waals surface area contributed by atoms with Gasteiger partial charge in [-0.05, 0) is 73.7 Å². The first-order valence-electron chi connectivity index (χ1n) is 12.2. The Morgan fingerprint density at radius 1 is 1.19 bits per heavy atom. The Morgan fingerprint density at radius 3 is 2.70 bits per heavy atom. The summed E-state index contributed by atoms with van der Waals surface area (Å²) < 4.78 is 11.4. The third-order valence-electron chi connectivity index (χ3n) is 6.28. The summed E-state index contributed by atoms with van der Waals surface area (Å²) in [5, 5.41) is 25.4. The number of aliphatic carboxylic acids is 1. The smallest absolute Gasteiger partial charge is 0.336 e. The lowest BCUT2D eigenvalue weighted by molar-refractivity contribution is -0.308. The summed E-state index contributed by atoms with van der Waals surface area (Å²) in [5.41, 5.74) is 2.80. The van der Waals surface area contributed by atoms with Crippen molar-refractivity contribution >= 4 is 33.7 Å². The minimum Gasteiger partial charge on any atom is -0.548 e. The second-order valence-electron chi connectivity index (χ2n) is 9.22. The van der Waals surface area contributed by atoms with Gasteiger partial charge in [0.05, 0.1) is 17.4 Å². The Labute approximate surface area is 213 Å². The number of carboxylic acid groups (broad SMARTS) is 1. The van der Waals surface area contributed by atoms with E-state index < -0.39 is 29.6 Å². The molecule has 4 rings (SSSR count). The molecule has 0 spiro atoms. The maximum atomic E-state index is 13.0. The SMILES string of the molecule is CCCCc1cc(=O)oc2cc(C)cc(O[C@H](C)C(=O)N[C@@H](Cc3c[nH]c4ccc(O)cc34)C(=O)[O-])c12. The number of carbonyl (C=O) groups excluding carboxylic acids is 2. The molecule has 0 radical (unpaired) electrons. The molecule has 0 aliphatic heterocycles. The highest BCUT2D eigenvalue weighted by atomic mass is 16.5. The average Bonchev–Trinajstić information content (AvgIpc) is 3.22. The average molecular weight is 506 g/mol. The van der Waals surface area contributed by atoms with Crippen LogP contribution in [-0.2, 0) is 22.4 Å². The monoisotopic (exact) mass is 505 g/mol. The molecule has 2 aromatic heterocycles. The molecule has 0 aliphatic rings. The fourth-order valence-electron chi connectivity index (χ4n) is 4.41. The number of unbranched alkanes of at least 4 members (excludes halogenated alkanes) is 1. The molecule has 0 saturated carbocycles. The molecule has 194 valence electrons. The molecule has 9 nitrogen and oxygen atoms in total. The van der Waals surface area contributed by atoms with E-state index in [-0.39, 0.29) is 12.2 Å². The van der Waals surface area contributed by atoms with Gasteiger partial charge in [0.15, 0.2) is 6.10 Å².